The Morgan fingerprint density at radius 2 is 2.17 bits per heavy atom. The Kier molecular flexibility index (Phi) is 4.04. The molecule has 0 aliphatic carbocycles. The molecule has 5 heteroatoms. The van der Waals surface area contributed by atoms with E-state index >= 15 is 0 Å². The van der Waals surface area contributed by atoms with Gasteiger partial charge in [-0.25, -0.2) is 13.8 Å². The normalized spacial score (nSPS) is 10.8. The molecule has 0 saturated carbocycles. The summed E-state index contributed by atoms with van der Waals surface area (Å²) in [7, 11) is 0. The van der Waals surface area contributed by atoms with Crippen molar-refractivity contribution in [3.8, 4) is 0 Å². The highest BCUT2D eigenvalue weighted by molar-refractivity contribution is 5.19. The number of imidazole rings is 1. The van der Waals surface area contributed by atoms with Gasteiger partial charge < -0.3 is 9.88 Å². The molecule has 0 fully saturated rings. The molecule has 0 atom stereocenters. The molecule has 0 amide bonds. The average Bonchev–Trinajstić information content (AvgIpc) is 2.79. The molecule has 0 unspecified atom stereocenters. The summed E-state index contributed by atoms with van der Waals surface area (Å²) in [6.07, 6.45) is 3.42. The maximum Gasteiger partial charge on any atom is 0.128 e. The van der Waals surface area contributed by atoms with Crippen molar-refractivity contribution < 1.29 is 8.78 Å². The van der Waals surface area contributed by atoms with E-state index in [2.05, 4.69) is 10.3 Å². The van der Waals surface area contributed by atoms with Crippen molar-refractivity contribution in [2.75, 3.05) is 6.54 Å². The molecule has 1 aromatic carbocycles. The summed E-state index contributed by atoms with van der Waals surface area (Å²) in [4.78, 5) is 4.19. The molecule has 96 valence electrons. The fourth-order valence-corrected chi connectivity index (χ4v) is 1.74. The number of nitrogens with zero attached hydrogens (tertiary/aromatic N) is 2. The summed E-state index contributed by atoms with van der Waals surface area (Å²) in [5.74, 6) is -0.0280. The minimum absolute atomic E-state index is 0.282. The maximum atomic E-state index is 13.5. The van der Waals surface area contributed by atoms with Gasteiger partial charge in [0.1, 0.15) is 17.5 Å². The highest BCUT2D eigenvalue weighted by Crippen LogP contribution is 2.12. The van der Waals surface area contributed by atoms with Crippen LogP contribution in [-0.2, 0) is 13.1 Å². The van der Waals surface area contributed by atoms with Gasteiger partial charge in [-0.3, -0.25) is 0 Å². The van der Waals surface area contributed by atoms with Gasteiger partial charge >= 0.3 is 0 Å². The van der Waals surface area contributed by atoms with Crippen LogP contribution >= 0.6 is 0 Å². The van der Waals surface area contributed by atoms with Crippen molar-refractivity contribution in [2.45, 2.75) is 20.0 Å². The van der Waals surface area contributed by atoms with Crippen LogP contribution in [0.1, 0.15) is 18.3 Å². The fraction of sp³-hybridized carbons (Fsp3) is 0.308. The monoisotopic (exact) mass is 251 g/mol. The maximum absolute atomic E-state index is 13.5. The lowest BCUT2D eigenvalue weighted by Gasteiger charge is -2.09. The van der Waals surface area contributed by atoms with Crippen molar-refractivity contribution in [1.82, 2.24) is 14.9 Å². The van der Waals surface area contributed by atoms with Gasteiger partial charge in [0.25, 0.3) is 0 Å². The van der Waals surface area contributed by atoms with Crippen LogP contribution in [0.4, 0.5) is 8.78 Å². The molecule has 0 aliphatic rings. The fourth-order valence-electron chi connectivity index (χ4n) is 1.74. The number of halogens is 2. The lowest BCUT2D eigenvalue weighted by atomic mass is 10.2. The molecule has 0 spiro atoms. The molecule has 0 aliphatic heterocycles. The zero-order chi connectivity index (χ0) is 13.0. The Morgan fingerprint density at radius 3 is 2.94 bits per heavy atom. The third-order valence-corrected chi connectivity index (χ3v) is 2.68. The number of hydrogen-bond acceptors (Lipinski definition) is 2. The number of benzene rings is 1. The SMILES string of the molecule is CCNCc1nccn1Cc1cc(F)ccc1F. The number of rotatable bonds is 5. The van der Waals surface area contributed by atoms with Crippen molar-refractivity contribution in [3.63, 3.8) is 0 Å². The van der Waals surface area contributed by atoms with Crippen LogP contribution < -0.4 is 5.32 Å². The number of hydrogen-bond donors (Lipinski definition) is 1. The van der Waals surface area contributed by atoms with E-state index in [4.69, 9.17) is 0 Å². The van der Waals surface area contributed by atoms with E-state index in [-0.39, 0.29) is 6.54 Å². The van der Waals surface area contributed by atoms with Gasteiger partial charge in [-0.15, -0.1) is 0 Å². The first-order valence-corrected chi connectivity index (χ1v) is 5.85. The zero-order valence-corrected chi connectivity index (χ0v) is 10.2. The quantitative estimate of drug-likeness (QED) is 0.883. The first-order chi connectivity index (χ1) is 8.70. The number of nitrogens with one attached hydrogen (secondary N) is 1. The molecule has 1 aromatic heterocycles. The van der Waals surface area contributed by atoms with E-state index in [1.54, 1.807) is 17.0 Å². The summed E-state index contributed by atoms with van der Waals surface area (Å²) >= 11 is 0. The third-order valence-electron chi connectivity index (χ3n) is 2.68. The van der Waals surface area contributed by atoms with Crippen LogP contribution in [0.5, 0.6) is 0 Å². The van der Waals surface area contributed by atoms with Gasteiger partial charge in [0.15, 0.2) is 0 Å². The predicted molar refractivity (Wildman–Crippen MR) is 65.1 cm³/mol. The Hall–Kier alpha value is -1.75. The summed E-state index contributed by atoms with van der Waals surface area (Å²) < 4.78 is 28.4. The van der Waals surface area contributed by atoms with Crippen molar-refractivity contribution in [1.29, 1.82) is 0 Å². The van der Waals surface area contributed by atoms with E-state index in [1.165, 1.54) is 6.07 Å². The molecule has 18 heavy (non-hydrogen) atoms. The Bertz CT molecular complexity index is 523. The highest BCUT2D eigenvalue weighted by atomic mass is 19.1. The molecule has 0 bridgehead atoms. The summed E-state index contributed by atoms with van der Waals surface area (Å²) in [6.45, 7) is 3.73. The van der Waals surface area contributed by atoms with Crippen LogP contribution in [0.3, 0.4) is 0 Å². The summed E-state index contributed by atoms with van der Waals surface area (Å²) in [5.41, 5.74) is 0.325. The minimum Gasteiger partial charge on any atom is -0.329 e. The molecular formula is C13H15F2N3. The van der Waals surface area contributed by atoms with Crippen LogP contribution in [0.15, 0.2) is 30.6 Å². The van der Waals surface area contributed by atoms with Gasteiger partial charge in [0.2, 0.25) is 0 Å². The van der Waals surface area contributed by atoms with Gasteiger partial charge in [-0.1, -0.05) is 6.92 Å². The van der Waals surface area contributed by atoms with Gasteiger partial charge in [0.05, 0.1) is 13.1 Å². The predicted octanol–water partition coefficient (Wildman–Crippen LogP) is 2.32. The average molecular weight is 251 g/mol. The number of aromatic nitrogens is 2. The molecule has 1 N–H and O–H groups in total. The lowest BCUT2D eigenvalue weighted by Crippen LogP contribution is -2.16. The van der Waals surface area contributed by atoms with E-state index in [0.29, 0.717) is 12.1 Å². The second-order valence-corrected chi connectivity index (χ2v) is 3.99. The Morgan fingerprint density at radius 1 is 1.33 bits per heavy atom. The van der Waals surface area contributed by atoms with Crippen LogP contribution in [0, 0.1) is 11.6 Å². The molecular weight excluding hydrogens is 236 g/mol. The zero-order valence-electron chi connectivity index (χ0n) is 10.2. The second-order valence-electron chi connectivity index (χ2n) is 3.99. The summed E-state index contributed by atoms with van der Waals surface area (Å²) in [6, 6.07) is 3.48. The van der Waals surface area contributed by atoms with E-state index in [9.17, 15) is 8.78 Å². The van der Waals surface area contributed by atoms with Gasteiger partial charge in [0, 0.05) is 18.0 Å². The highest BCUT2D eigenvalue weighted by Gasteiger charge is 2.07. The smallest absolute Gasteiger partial charge is 0.128 e. The second kappa shape index (κ2) is 5.73. The first-order valence-electron chi connectivity index (χ1n) is 5.85. The van der Waals surface area contributed by atoms with E-state index in [1.807, 2.05) is 6.92 Å². The Labute approximate surface area is 104 Å². The van der Waals surface area contributed by atoms with Crippen molar-refractivity contribution in [2.24, 2.45) is 0 Å². The molecule has 1 heterocycles. The molecule has 0 saturated heterocycles. The molecule has 2 aromatic rings. The van der Waals surface area contributed by atoms with E-state index < -0.39 is 11.6 Å². The summed E-state index contributed by atoms with van der Waals surface area (Å²) in [5, 5.41) is 3.15. The topological polar surface area (TPSA) is 29.9 Å². The molecule has 2 rings (SSSR count). The third kappa shape index (κ3) is 2.92. The van der Waals surface area contributed by atoms with Crippen LogP contribution in [0.25, 0.3) is 0 Å². The van der Waals surface area contributed by atoms with Crippen LogP contribution in [0.2, 0.25) is 0 Å². The standard InChI is InChI=1S/C13H15F2N3/c1-2-16-8-13-17-5-6-18(13)9-10-7-11(14)3-4-12(10)15/h3-7,16H,2,8-9H2,1H3. The Balaban J connectivity index is 2.18. The van der Waals surface area contributed by atoms with Gasteiger partial charge in [-0.05, 0) is 24.7 Å². The minimum atomic E-state index is -0.431. The first kappa shape index (κ1) is 12.7. The molecule has 3 nitrogen and oxygen atoms in total. The largest absolute Gasteiger partial charge is 0.329 e. The molecule has 0 radical (unpaired) electrons. The lowest BCUT2D eigenvalue weighted by molar-refractivity contribution is 0.568. The van der Waals surface area contributed by atoms with Crippen LogP contribution in [-0.4, -0.2) is 16.1 Å². The van der Waals surface area contributed by atoms with E-state index in [0.717, 1.165) is 24.5 Å². The van der Waals surface area contributed by atoms with Crippen molar-refractivity contribution >= 4 is 0 Å². The van der Waals surface area contributed by atoms with Gasteiger partial charge in [-0.2, -0.15) is 0 Å². The van der Waals surface area contributed by atoms with Crippen molar-refractivity contribution in [3.05, 3.63) is 53.6 Å².